The molecule has 0 radical (unpaired) electrons. The van der Waals surface area contributed by atoms with Crippen molar-refractivity contribution < 1.29 is 23.1 Å². The minimum atomic E-state index is -3.38. The molecular weight excluding hydrogens is 280 g/mol. The number of sulfone groups is 1. The zero-order chi connectivity index (χ0) is 14.4. The van der Waals surface area contributed by atoms with Crippen molar-refractivity contribution in [2.45, 2.75) is 23.7 Å². The Labute approximate surface area is 117 Å². The van der Waals surface area contributed by atoms with Crippen molar-refractivity contribution in [2.24, 2.45) is 5.41 Å². The van der Waals surface area contributed by atoms with Crippen molar-refractivity contribution in [3.63, 3.8) is 0 Å². The molecule has 0 spiro atoms. The van der Waals surface area contributed by atoms with Crippen molar-refractivity contribution in [3.8, 4) is 0 Å². The lowest BCUT2D eigenvalue weighted by molar-refractivity contribution is -0.156. The summed E-state index contributed by atoms with van der Waals surface area (Å²) in [6.07, 6.45) is 0.716. The first-order valence-corrected chi connectivity index (χ1v) is 8.25. The van der Waals surface area contributed by atoms with Crippen LogP contribution in [0.25, 0.3) is 0 Å². The van der Waals surface area contributed by atoms with Crippen LogP contribution in [-0.2, 0) is 19.4 Å². The van der Waals surface area contributed by atoms with Crippen molar-refractivity contribution in [1.29, 1.82) is 0 Å². The van der Waals surface area contributed by atoms with E-state index in [1.165, 1.54) is 0 Å². The molecule has 1 aromatic rings. The quantitative estimate of drug-likeness (QED) is 0.893. The van der Waals surface area contributed by atoms with Crippen LogP contribution >= 0.6 is 0 Å². The van der Waals surface area contributed by atoms with E-state index in [9.17, 15) is 18.3 Å². The largest absolute Gasteiger partial charge is 0.481 e. The van der Waals surface area contributed by atoms with Gasteiger partial charge in [0.1, 0.15) is 0 Å². The van der Waals surface area contributed by atoms with Crippen molar-refractivity contribution in [2.75, 3.05) is 19.0 Å². The molecule has 108 valence electrons. The van der Waals surface area contributed by atoms with Gasteiger partial charge in [-0.1, -0.05) is 18.2 Å². The second-order valence-electron chi connectivity index (χ2n) is 5.45. The third-order valence-corrected chi connectivity index (χ3v) is 6.31. The number of carboxylic acid groups (broad SMARTS) is 1. The third kappa shape index (κ3) is 1.86. The van der Waals surface area contributed by atoms with Crippen LogP contribution in [0, 0.1) is 5.41 Å². The fourth-order valence-corrected chi connectivity index (χ4v) is 5.33. The number of carbonyl (C=O) groups is 1. The van der Waals surface area contributed by atoms with E-state index in [0.29, 0.717) is 31.6 Å². The van der Waals surface area contributed by atoms with E-state index < -0.39 is 27.1 Å². The molecule has 0 aromatic heterocycles. The van der Waals surface area contributed by atoms with Gasteiger partial charge in [0.25, 0.3) is 0 Å². The van der Waals surface area contributed by atoms with Gasteiger partial charge >= 0.3 is 5.97 Å². The summed E-state index contributed by atoms with van der Waals surface area (Å²) in [5.41, 5.74) is -0.380. The predicted molar refractivity (Wildman–Crippen MR) is 71.4 cm³/mol. The van der Waals surface area contributed by atoms with Gasteiger partial charge in [-0.15, -0.1) is 0 Å². The smallest absolute Gasteiger partial charge is 0.310 e. The summed E-state index contributed by atoms with van der Waals surface area (Å²) in [4.78, 5) is 12.1. The molecule has 2 aliphatic heterocycles. The molecule has 1 atom stereocenters. The molecule has 1 aromatic carbocycles. The summed E-state index contributed by atoms with van der Waals surface area (Å²) < 4.78 is 29.8. The Morgan fingerprint density at radius 2 is 1.90 bits per heavy atom. The molecule has 1 saturated heterocycles. The second kappa shape index (κ2) is 4.56. The summed E-state index contributed by atoms with van der Waals surface area (Å²) in [6, 6.07) is 6.75. The SMILES string of the molecule is O=C(O)C1(C2CS(=O)(=O)c3ccccc32)CCOCC1. The van der Waals surface area contributed by atoms with Crippen LogP contribution in [0.15, 0.2) is 29.2 Å². The third-order valence-electron chi connectivity index (χ3n) is 4.49. The number of fused-ring (bicyclic) bond motifs is 1. The van der Waals surface area contributed by atoms with E-state index in [2.05, 4.69) is 0 Å². The fraction of sp³-hybridized carbons (Fsp3) is 0.500. The second-order valence-corrected chi connectivity index (χ2v) is 7.45. The summed E-state index contributed by atoms with van der Waals surface area (Å²) in [5, 5.41) is 9.69. The number of rotatable bonds is 2. The Hall–Kier alpha value is -1.40. The summed E-state index contributed by atoms with van der Waals surface area (Å²) in [7, 11) is -3.38. The lowest BCUT2D eigenvalue weighted by atomic mass is 9.68. The van der Waals surface area contributed by atoms with Crippen molar-refractivity contribution in [3.05, 3.63) is 29.8 Å². The standard InChI is InChI=1S/C14H16O5S/c15-13(16)14(5-7-19-8-6-14)11-9-20(17,18)12-4-2-1-3-10(11)12/h1-4,11H,5-9H2,(H,15,16). The maximum atomic E-state index is 12.2. The van der Waals surface area contributed by atoms with Crippen LogP contribution < -0.4 is 0 Å². The summed E-state index contributed by atoms with van der Waals surface area (Å²) in [6.45, 7) is 0.732. The Bertz CT molecular complexity index is 643. The first kappa shape index (κ1) is 13.6. The number of hydrogen-bond donors (Lipinski definition) is 1. The lowest BCUT2D eigenvalue weighted by Gasteiger charge is -2.38. The highest BCUT2D eigenvalue weighted by Crippen LogP contribution is 2.50. The highest BCUT2D eigenvalue weighted by Gasteiger charge is 2.53. The lowest BCUT2D eigenvalue weighted by Crippen LogP contribution is -2.43. The minimum Gasteiger partial charge on any atom is -0.481 e. The van der Waals surface area contributed by atoms with E-state index >= 15 is 0 Å². The number of ether oxygens (including phenoxy) is 1. The molecule has 2 aliphatic rings. The van der Waals surface area contributed by atoms with E-state index in [-0.39, 0.29) is 10.6 Å². The summed E-state index contributed by atoms with van der Waals surface area (Å²) in [5.74, 6) is -1.51. The van der Waals surface area contributed by atoms with Gasteiger partial charge in [-0.3, -0.25) is 4.79 Å². The first-order valence-electron chi connectivity index (χ1n) is 6.60. The molecule has 1 fully saturated rings. The average Bonchev–Trinajstić information content (AvgIpc) is 2.72. The number of aliphatic carboxylic acids is 1. The minimum absolute atomic E-state index is 0.112. The molecule has 0 aliphatic carbocycles. The fourth-order valence-electron chi connectivity index (χ4n) is 3.35. The highest BCUT2D eigenvalue weighted by atomic mass is 32.2. The first-order chi connectivity index (χ1) is 9.47. The number of benzene rings is 1. The Kier molecular flexibility index (Phi) is 3.10. The van der Waals surface area contributed by atoms with Crippen LogP contribution in [0.4, 0.5) is 0 Å². The molecule has 6 heteroatoms. The Morgan fingerprint density at radius 3 is 2.55 bits per heavy atom. The van der Waals surface area contributed by atoms with Crippen molar-refractivity contribution >= 4 is 15.8 Å². The van der Waals surface area contributed by atoms with Crippen LogP contribution in [0.2, 0.25) is 0 Å². The molecule has 3 rings (SSSR count). The average molecular weight is 296 g/mol. The number of hydrogen-bond acceptors (Lipinski definition) is 4. The molecule has 1 unspecified atom stereocenters. The van der Waals surface area contributed by atoms with Gasteiger partial charge in [-0.05, 0) is 24.5 Å². The maximum Gasteiger partial charge on any atom is 0.310 e. The van der Waals surface area contributed by atoms with Crippen molar-refractivity contribution in [1.82, 2.24) is 0 Å². The van der Waals surface area contributed by atoms with E-state index in [1.54, 1.807) is 24.3 Å². The molecular formula is C14H16O5S. The van der Waals surface area contributed by atoms with Crippen LogP contribution in [0.5, 0.6) is 0 Å². The zero-order valence-corrected chi connectivity index (χ0v) is 11.7. The van der Waals surface area contributed by atoms with Gasteiger partial charge < -0.3 is 9.84 Å². The topological polar surface area (TPSA) is 80.7 Å². The van der Waals surface area contributed by atoms with Crippen LogP contribution in [-0.4, -0.2) is 38.5 Å². The molecule has 5 nitrogen and oxygen atoms in total. The van der Waals surface area contributed by atoms with E-state index in [0.717, 1.165) is 0 Å². The molecule has 0 saturated carbocycles. The van der Waals surface area contributed by atoms with Gasteiger partial charge in [-0.25, -0.2) is 8.42 Å². The molecule has 20 heavy (non-hydrogen) atoms. The Morgan fingerprint density at radius 1 is 1.25 bits per heavy atom. The molecule has 0 amide bonds. The van der Waals surface area contributed by atoms with Gasteiger partial charge in [-0.2, -0.15) is 0 Å². The van der Waals surface area contributed by atoms with E-state index in [4.69, 9.17) is 4.74 Å². The Balaban J connectivity index is 2.13. The molecule has 2 heterocycles. The zero-order valence-electron chi connectivity index (χ0n) is 10.9. The van der Waals surface area contributed by atoms with Gasteiger partial charge in [0, 0.05) is 19.1 Å². The predicted octanol–water partition coefficient (Wildman–Crippen LogP) is 1.44. The van der Waals surface area contributed by atoms with Crippen LogP contribution in [0.3, 0.4) is 0 Å². The summed E-state index contributed by atoms with van der Waals surface area (Å²) >= 11 is 0. The number of carboxylic acids is 1. The molecule has 0 bridgehead atoms. The van der Waals surface area contributed by atoms with Gasteiger partial charge in [0.05, 0.1) is 16.1 Å². The van der Waals surface area contributed by atoms with E-state index in [1.807, 2.05) is 0 Å². The van der Waals surface area contributed by atoms with Crippen LogP contribution in [0.1, 0.15) is 24.3 Å². The highest BCUT2D eigenvalue weighted by molar-refractivity contribution is 7.91. The van der Waals surface area contributed by atoms with Gasteiger partial charge in [0.15, 0.2) is 9.84 Å². The van der Waals surface area contributed by atoms with Gasteiger partial charge in [0.2, 0.25) is 0 Å². The normalized spacial score (nSPS) is 26.9. The maximum absolute atomic E-state index is 12.2. The monoisotopic (exact) mass is 296 g/mol. The molecule has 1 N–H and O–H groups in total.